The van der Waals surface area contributed by atoms with Crippen LogP contribution < -0.4 is 5.73 Å². The molecule has 0 spiro atoms. The monoisotopic (exact) mass is 414 g/mol. The van der Waals surface area contributed by atoms with Gasteiger partial charge in [-0.25, -0.2) is 9.78 Å². The Morgan fingerprint density at radius 1 is 1.20 bits per heavy atom. The summed E-state index contributed by atoms with van der Waals surface area (Å²) in [6, 6.07) is 15.5. The molecule has 0 unspecified atom stereocenters. The van der Waals surface area contributed by atoms with E-state index in [4.69, 9.17) is 20.1 Å². The molecule has 0 amide bonds. The summed E-state index contributed by atoms with van der Waals surface area (Å²) in [6.45, 7) is 0. The lowest BCUT2D eigenvalue weighted by Crippen LogP contribution is -2.21. The minimum Gasteiger partial charge on any atom is -0.475 e. The Kier molecular flexibility index (Phi) is 5.46. The number of hydrogen-bond donors (Lipinski definition) is 3. The number of para-hydroxylation sites is 1. The van der Waals surface area contributed by atoms with Gasteiger partial charge in [-0.05, 0) is 24.3 Å². The van der Waals surface area contributed by atoms with Crippen molar-refractivity contribution in [2.45, 2.75) is 6.18 Å². The van der Waals surface area contributed by atoms with Crippen LogP contribution in [-0.2, 0) is 4.79 Å². The van der Waals surface area contributed by atoms with Crippen LogP contribution in [-0.4, -0.2) is 27.2 Å². The van der Waals surface area contributed by atoms with E-state index < -0.39 is 12.1 Å². The summed E-state index contributed by atoms with van der Waals surface area (Å²) < 4.78 is 37.2. The van der Waals surface area contributed by atoms with Gasteiger partial charge in [-0.1, -0.05) is 18.2 Å². The highest BCUT2D eigenvalue weighted by atomic mass is 19.4. The maximum Gasteiger partial charge on any atom is 0.490 e. The van der Waals surface area contributed by atoms with Gasteiger partial charge in [-0.15, -0.1) is 0 Å². The van der Waals surface area contributed by atoms with E-state index in [0.29, 0.717) is 22.6 Å². The molecule has 4 rings (SSSR count). The molecule has 7 nitrogen and oxygen atoms in total. The Bertz CT molecular complexity index is 1240. The number of nitrogens with one attached hydrogen (secondary N) is 1. The van der Waals surface area contributed by atoms with Crippen LogP contribution in [0, 0.1) is 11.3 Å². The highest BCUT2D eigenvalue weighted by Gasteiger charge is 2.38. The van der Waals surface area contributed by atoms with Crippen LogP contribution in [0.2, 0.25) is 0 Å². The summed E-state index contributed by atoms with van der Waals surface area (Å²) in [7, 11) is 0. The molecular weight excluding hydrogens is 401 g/mol. The van der Waals surface area contributed by atoms with E-state index in [1.54, 1.807) is 18.4 Å². The molecule has 0 saturated carbocycles. The molecule has 0 aliphatic rings. The Hall–Kier alpha value is -4.26. The summed E-state index contributed by atoms with van der Waals surface area (Å²) in [5.41, 5.74) is 9.62. The number of carboxylic acid groups (broad SMARTS) is 1. The number of carboxylic acids is 1. The molecule has 3 heterocycles. The van der Waals surface area contributed by atoms with Crippen molar-refractivity contribution in [2.75, 3.05) is 5.73 Å². The van der Waals surface area contributed by atoms with Crippen LogP contribution in [0.4, 0.5) is 19.0 Å². The third kappa shape index (κ3) is 4.10. The number of aromatic nitrogens is 2. The minimum atomic E-state index is -5.08. The third-order valence-electron chi connectivity index (χ3n) is 4.05. The SMILES string of the molecule is N#Cc1c(-c2ccco2)cc(-c2c[nH]c3ccccc23)nc1N.O=C(O)C(F)(F)F. The van der Waals surface area contributed by atoms with Crippen molar-refractivity contribution in [3.8, 4) is 28.7 Å². The summed E-state index contributed by atoms with van der Waals surface area (Å²) in [5.74, 6) is -1.97. The van der Waals surface area contributed by atoms with Crippen LogP contribution >= 0.6 is 0 Å². The van der Waals surface area contributed by atoms with Gasteiger partial charge in [-0.3, -0.25) is 0 Å². The number of hydrogen-bond acceptors (Lipinski definition) is 5. The van der Waals surface area contributed by atoms with Gasteiger partial charge >= 0.3 is 12.1 Å². The first-order valence-electron chi connectivity index (χ1n) is 8.33. The molecule has 30 heavy (non-hydrogen) atoms. The van der Waals surface area contributed by atoms with E-state index in [9.17, 15) is 18.4 Å². The van der Waals surface area contributed by atoms with Crippen LogP contribution in [0.25, 0.3) is 33.5 Å². The number of benzene rings is 1. The van der Waals surface area contributed by atoms with Gasteiger partial charge in [-0.2, -0.15) is 18.4 Å². The molecule has 0 saturated heterocycles. The Balaban J connectivity index is 0.000000318. The number of aromatic amines is 1. The normalized spacial score (nSPS) is 10.9. The number of fused-ring (bicyclic) bond motifs is 1. The molecule has 0 aliphatic heterocycles. The zero-order valence-corrected chi connectivity index (χ0v) is 15.1. The van der Waals surface area contributed by atoms with Gasteiger partial charge in [0.25, 0.3) is 0 Å². The number of carbonyl (C=O) groups is 1. The van der Waals surface area contributed by atoms with Gasteiger partial charge in [0.2, 0.25) is 0 Å². The lowest BCUT2D eigenvalue weighted by molar-refractivity contribution is -0.192. The number of nitrogen functional groups attached to an aromatic ring is 1. The van der Waals surface area contributed by atoms with Crippen molar-refractivity contribution in [3.63, 3.8) is 0 Å². The molecule has 0 fully saturated rings. The third-order valence-corrected chi connectivity index (χ3v) is 4.05. The van der Waals surface area contributed by atoms with Gasteiger partial charge in [0, 0.05) is 28.2 Å². The Labute approximate surface area is 167 Å². The zero-order chi connectivity index (χ0) is 21.9. The quantitative estimate of drug-likeness (QED) is 0.440. The van der Waals surface area contributed by atoms with Crippen LogP contribution in [0.3, 0.4) is 0 Å². The number of rotatable bonds is 2. The van der Waals surface area contributed by atoms with Gasteiger partial charge in [0.15, 0.2) is 0 Å². The van der Waals surface area contributed by atoms with Crippen LogP contribution in [0.1, 0.15) is 5.56 Å². The number of anilines is 1. The number of furan rings is 1. The zero-order valence-electron chi connectivity index (χ0n) is 15.1. The van der Waals surface area contributed by atoms with E-state index in [0.717, 1.165) is 16.5 Å². The van der Waals surface area contributed by atoms with Crippen molar-refractivity contribution < 1.29 is 27.5 Å². The number of aliphatic carboxylic acids is 1. The van der Waals surface area contributed by atoms with E-state index in [2.05, 4.69) is 16.0 Å². The van der Waals surface area contributed by atoms with E-state index >= 15 is 0 Å². The highest BCUT2D eigenvalue weighted by Crippen LogP contribution is 2.34. The van der Waals surface area contributed by atoms with E-state index in [-0.39, 0.29) is 5.82 Å². The van der Waals surface area contributed by atoms with E-state index in [1.165, 1.54) is 0 Å². The average molecular weight is 414 g/mol. The predicted octanol–water partition coefficient (Wildman–Crippen LogP) is 4.58. The number of nitrogens with zero attached hydrogens (tertiary/aromatic N) is 2. The molecule has 4 aromatic rings. The fraction of sp³-hybridized carbons (Fsp3) is 0.0500. The van der Waals surface area contributed by atoms with Gasteiger partial charge < -0.3 is 20.2 Å². The van der Waals surface area contributed by atoms with Crippen molar-refractivity contribution >= 4 is 22.7 Å². The summed E-state index contributed by atoms with van der Waals surface area (Å²) in [4.78, 5) is 16.5. The molecule has 10 heteroatoms. The number of halogens is 3. The molecular formula is C20H13F3N4O3. The maximum atomic E-state index is 10.6. The fourth-order valence-corrected chi connectivity index (χ4v) is 2.73. The molecule has 0 atom stereocenters. The molecule has 4 N–H and O–H groups in total. The van der Waals surface area contributed by atoms with Crippen molar-refractivity contribution in [2.24, 2.45) is 0 Å². The average Bonchev–Trinajstić information content (AvgIpc) is 3.37. The van der Waals surface area contributed by atoms with Crippen molar-refractivity contribution in [1.82, 2.24) is 9.97 Å². The van der Waals surface area contributed by atoms with Crippen molar-refractivity contribution in [1.29, 1.82) is 5.26 Å². The second-order valence-corrected chi connectivity index (χ2v) is 5.96. The molecule has 0 aliphatic carbocycles. The van der Waals surface area contributed by atoms with E-state index in [1.807, 2.05) is 36.5 Å². The summed E-state index contributed by atoms with van der Waals surface area (Å²) >= 11 is 0. The maximum absolute atomic E-state index is 10.6. The summed E-state index contributed by atoms with van der Waals surface area (Å²) in [5, 5.41) is 17.5. The second kappa shape index (κ2) is 8.00. The topological polar surface area (TPSA) is 129 Å². The second-order valence-electron chi connectivity index (χ2n) is 5.96. The summed E-state index contributed by atoms with van der Waals surface area (Å²) in [6.07, 6.45) is -1.62. The number of nitrogens with two attached hydrogens (primary N) is 1. The molecule has 3 aromatic heterocycles. The predicted molar refractivity (Wildman–Crippen MR) is 102 cm³/mol. The van der Waals surface area contributed by atoms with Crippen molar-refractivity contribution in [3.05, 3.63) is 60.5 Å². The lowest BCUT2D eigenvalue weighted by Gasteiger charge is -2.07. The molecule has 0 bridgehead atoms. The first-order chi connectivity index (χ1) is 14.2. The number of pyridine rings is 1. The fourth-order valence-electron chi connectivity index (χ4n) is 2.73. The standard InChI is InChI=1S/C18H12N4O.C2HF3O2/c19-9-13-12(17-6-3-7-23-17)8-16(22-18(13)20)14-10-21-15-5-2-1-4-11(14)15;3-2(4,5)1(6)7/h1-8,10,21H,(H2,20,22);(H,6,7). The Morgan fingerprint density at radius 3 is 2.50 bits per heavy atom. The van der Waals surface area contributed by atoms with Crippen LogP contribution in [0.5, 0.6) is 0 Å². The molecule has 1 aromatic carbocycles. The number of nitriles is 1. The van der Waals surface area contributed by atoms with Crippen LogP contribution in [0.15, 0.2) is 59.3 Å². The Morgan fingerprint density at radius 2 is 1.90 bits per heavy atom. The lowest BCUT2D eigenvalue weighted by atomic mass is 10.0. The first kappa shape index (κ1) is 20.5. The highest BCUT2D eigenvalue weighted by molar-refractivity contribution is 5.95. The smallest absolute Gasteiger partial charge is 0.475 e. The first-order valence-corrected chi connectivity index (χ1v) is 8.33. The molecule has 152 valence electrons. The minimum absolute atomic E-state index is 0.196. The molecule has 0 radical (unpaired) electrons. The van der Waals surface area contributed by atoms with Gasteiger partial charge in [0.1, 0.15) is 23.2 Å². The van der Waals surface area contributed by atoms with Gasteiger partial charge in [0.05, 0.1) is 12.0 Å². The largest absolute Gasteiger partial charge is 0.490 e. The number of alkyl halides is 3. The number of H-pyrrole nitrogens is 1.